The summed E-state index contributed by atoms with van der Waals surface area (Å²) in [6.45, 7) is 7.82. The van der Waals surface area contributed by atoms with Crippen molar-refractivity contribution in [1.82, 2.24) is 15.5 Å². The Bertz CT molecular complexity index is 812. The molecule has 1 spiro atoms. The van der Waals surface area contributed by atoms with E-state index in [-0.39, 0.29) is 24.1 Å². The zero-order chi connectivity index (χ0) is 21.7. The van der Waals surface area contributed by atoms with Crippen molar-refractivity contribution in [2.45, 2.75) is 58.2 Å². The molecule has 0 unspecified atom stereocenters. The summed E-state index contributed by atoms with van der Waals surface area (Å²) < 4.78 is 5.27. The van der Waals surface area contributed by atoms with E-state index in [2.05, 4.69) is 16.0 Å². The van der Waals surface area contributed by atoms with Crippen molar-refractivity contribution in [3.63, 3.8) is 0 Å². The van der Waals surface area contributed by atoms with Crippen molar-refractivity contribution < 1.29 is 19.1 Å². The van der Waals surface area contributed by atoms with Crippen LogP contribution in [0.4, 0.5) is 5.69 Å². The summed E-state index contributed by atoms with van der Waals surface area (Å²) in [6.07, 6.45) is 2.00. The number of fused-ring (bicyclic) bond motifs is 1. The number of amides is 3. The number of aryl methyl sites for hydroxylation is 1. The normalized spacial score (nSPS) is 22.0. The second kappa shape index (κ2) is 9.47. The van der Waals surface area contributed by atoms with Crippen molar-refractivity contribution in [2.24, 2.45) is 0 Å². The molecule has 0 aliphatic carbocycles. The summed E-state index contributed by atoms with van der Waals surface area (Å²) in [7, 11) is 0. The minimum atomic E-state index is -0.685. The molecule has 1 aromatic carbocycles. The van der Waals surface area contributed by atoms with Gasteiger partial charge in [-0.25, -0.2) is 0 Å². The number of nitrogens with one attached hydrogen (secondary N) is 3. The monoisotopic (exact) mass is 416 g/mol. The maximum absolute atomic E-state index is 12.8. The van der Waals surface area contributed by atoms with E-state index in [1.54, 1.807) is 11.8 Å². The van der Waals surface area contributed by atoms with E-state index < -0.39 is 11.7 Å². The van der Waals surface area contributed by atoms with Gasteiger partial charge in [0.15, 0.2) is 0 Å². The third-order valence-corrected chi connectivity index (χ3v) is 5.83. The molecule has 1 aromatic rings. The molecule has 0 radical (unpaired) electrons. The number of carbonyl (C=O) groups is 3. The minimum absolute atomic E-state index is 0.0741. The van der Waals surface area contributed by atoms with E-state index in [4.69, 9.17) is 4.74 Å². The van der Waals surface area contributed by atoms with Crippen molar-refractivity contribution in [3.8, 4) is 0 Å². The molecule has 1 saturated heterocycles. The maximum atomic E-state index is 12.8. The van der Waals surface area contributed by atoms with Gasteiger partial charge in [-0.2, -0.15) is 0 Å². The average Bonchev–Trinajstić information content (AvgIpc) is 2.86. The lowest BCUT2D eigenvalue weighted by atomic mass is 9.94. The molecule has 0 saturated carbocycles. The number of anilines is 1. The highest BCUT2D eigenvalue weighted by Crippen LogP contribution is 2.32. The van der Waals surface area contributed by atoms with Gasteiger partial charge >= 0.3 is 0 Å². The van der Waals surface area contributed by atoms with Crippen molar-refractivity contribution in [3.05, 3.63) is 29.3 Å². The number of ether oxygens (including phenoxy) is 1. The van der Waals surface area contributed by atoms with Crippen LogP contribution >= 0.6 is 0 Å². The topological polar surface area (TPSA) is 99.8 Å². The summed E-state index contributed by atoms with van der Waals surface area (Å²) in [5.74, 6) is -0.378. The van der Waals surface area contributed by atoms with Crippen LogP contribution in [0.1, 0.15) is 55.5 Å². The second-order valence-corrected chi connectivity index (χ2v) is 8.06. The summed E-state index contributed by atoms with van der Waals surface area (Å²) in [5, 5.41) is 9.41. The lowest BCUT2D eigenvalue weighted by Gasteiger charge is -2.40. The molecule has 3 N–H and O–H groups in total. The summed E-state index contributed by atoms with van der Waals surface area (Å²) >= 11 is 0. The van der Waals surface area contributed by atoms with Gasteiger partial charge in [-0.1, -0.05) is 6.07 Å². The van der Waals surface area contributed by atoms with Crippen LogP contribution in [0.5, 0.6) is 0 Å². The molecule has 30 heavy (non-hydrogen) atoms. The number of nitrogens with zero attached hydrogens (tertiary/aromatic N) is 1. The zero-order valence-corrected chi connectivity index (χ0v) is 18.0. The highest BCUT2D eigenvalue weighted by Gasteiger charge is 2.41. The molecule has 3 amide bonds. The van der Waals surface area contributed by atoms with Gasteiger partial charge in [-0.15, -0.1) is 0 Å². The zero-order valence-electron chi connectivity index (χ0n) is 18.0. The largest absolute Gasteiger partial charge is 0.382 e. The molecule has 2 aliphatic heterocycles. The molecule has 1 fully saturated rings. The average molecular weight is 417 g/mol. The predicted octanol–water partition coefficient (Wildman–Crippen LogP) is 1.79. The van der Waals surface area contributed by atoms with Gasteiger partial charge in [0.05, 0.1) is 5.56 Å². The van der Waals surface area contributed by atoms with Gasteiger partial charge in [-0.05, 0) is 51.3 Å². The number of hydrogen-bond donors (Lipinski definition) is 3. The van der Waals surface area contributed by atoms with Gasteiger partial charge in [0.2, 0.25) is 11.8 Å². The van der Waals surface area contributed by atoms with Crippen molar-refractivity contribution in [2.75, 3.05) is 31.6 Å². The first-order valence-electron chi connectivity index (χ1n) is 10.7. The molecule has 0 aromatic heterocycles. The molecule has 2 heterocycles. The number of benzene rings is 1. The Morgan fingerprint density at radius 2 is 2.10 bits per heavy atom. The lowest BCUT2D eigenvalue weighted by Crippen LogP contribution is -2.58. The molecule has 8 heteroatoms. The highest BCUT2D eigenvalue weighted by atomic mass is 16.5. The van der Waals surface area contributed by atoms with E-state index in [9.17, 15) is 14.4 Å². The lowest BCUT2D eigenvalue weighted by molar-refractivity contribution is -0.139. The number of hydrogen-bond acceptors (Lipinski definition) is 5. The summed E-state index contributed by atoms with van der Waals surface area (Å²) in [6, 6.07) is 5.11. The van der Waals surface area contributed by atoms with Crippen LogP contribution in [0.25, 0.3) is 0 Å². The maximum Gasteiger partial charge on any atom is 0.255 e. The van der Waals surface area contributed by atoms with Crippen LogP contribution in [-0.4, -0.2) is 60.6 Å². The summed E-state index contributed by atoms with van der Waals surface area (Å²) in [5.41, 5.74) is 1.78. The Balaban J connectivity index is 1.64. The predicted molar refractivity (Wildman–Crippen MR) is 114 cm³/mol. The molecule has 0 bridgehead atoms. The van der Waals surface area contributed by atoms with Crippen LogP contribution < -0.4 is 16.0 Å². The number of likely N-dealkylation sites (tertiary alicyclic amines) is 1. The fourth-order valence-corrected chi connectivity index (χ4v) is 4.04. The quantitative estimate of drug-likeness (QED) is 0.589. The van der Waals surface area contributed by atoms with Crippen LogP contribution in [0, 0.1) is 6.92 Å². The third-order valence-electron chi connectivity index (χ3n) is 5.83. The fraction of sp³-hybridized carbons (Fsp3) is 0.591. The molecular formula is C22H32N4O4. The van der Waals surface area contributed by atoms with Crippen molar-refractivity contribution in [1.29, 1.82) is 0 Å². The molecular weight excluding hydrogens is 384 g/mol. The molecule has 8 nitrogen and oxygen atoms in total. The molecule has 164 valence electrons. The number of rotatable bonds is 7. The van der Waals surface area contributed by atoms with Crippen LogP contribution in [0.2, 0.25) is 0 Å². The Hall–Kier alpha value is -2.61. The Morgan fingerprint density at radius 3 is 2.87 bits per heavy atom. The van der Waals surface area contributed by atoms with Crippen LogP contribution in [0.15, 0.2) is 18.2 Å². The smallest absolute Gasteiger partial charge is 0.255 e. The van der Waals surface area contributed by atoms with E-state index in [0.29, 0.717) is 44.7 Å². The Labute approximate surface area is 177 Å². The third kappa shape index (κ3) is 4.92. The highest BCUT2D eigenvalue weighted by molar-refractivity contribution is 6.02. The fourth-order valence-electron chi connectivity index (χ4n) is 4.04. The van der Waals surface area contributed by atoms with E-state index in [1.165, 1.54) is 0 Å². The standard InChI is InChI=1S/C22H32N4O4/c1-4-30-13-5-11-23-20(28)16(3)26-12-10-22(9-8-19(26)27)24-18-14-15(2)6-7-17(18)21(29)25-22/h6-7,14,16,24H,4-5,8-13H2,1-3H3,(H,23,28)(H,25,29)/t16-,22+/m1/s1. The van der Waals surface area contributed by atoms with E-state index in [1.807, 2.05) is 32.0 Å². The molecule has 2 aliphatic rings. The molecule has 2 atom stereocenters. The van der Waals surface area contributed by atoms with Crippen LogP contribution in [0.3, 0.4) is 0 Å². The first-order chi connectivity index (χ1) is 14.3. The Kier molecular flexibility index (Phi) is 6.97. The van der Waals surface area contributed by atoms with Gasteiger partial charge in [-0.3, -0.25) is 14.4 Å². The second-order valence-electron chi connectivity index (χ2n) is 8.06. The number of carbonyl (C=O) groups excluding carboxylic acids is 3. The van der Waals surface area contributed by atoms with Gasteiger partial charge in [0.25, 0.3) is 5.91 Å². The SMILES string of the molecule is CCOCCCNC(=O)[C@@H](C)N1CC[C@]2(CCC1=O)NC(=O)c1ccc(C)cc1N2. The van der Waals surface area contributed by atoms with Crippen molar-refractivity contribution >= 4 is 23.4 Å². The first-order valence-corrected chi connectivity index (χ1v) is 10.7. The van der Waals surface area contributed by atoms with E-state index >= 15 is 0 Å². The Morgan fingerprint density at radius 1 is 1.30 bits per heavy atom. The summed E-state index contributed by atoms with van der Waals surface area (Å²) in [4.78, 5) is 39.6. The van der Waals surface area contributed by atoms with E-state index in [0.717, 1.165) is 17.7 Å². The first kappa shape index (κ1) is 22.1. The van der Waals surface area contributed by atoms with Gasteiger partial charge in [0.1, 0.15) is 11.7 Å². The van der Waals surface area contributed by atoms with Crippen LogP contribution in [-0.2, 0) is 14.3 Å². The van der Waals surface area contributed by atoms with Gasteiger partial charge in [0, 0.05) is 44.8 Å². The molecule has 3 rings (SSSR count). The van der Waals surface area contributed by atoms with Gasteiger partial charge < -0.3 is 25.6 Å². The minimum Gasteiger partial charge on any atom is -0.382 e.